The number of aromatic amines is 1. The normalized spacial score (nSPS) is 18.0. The van der Waals surface area contributed by atoms with Gasteiger partial charge in [0.05, 0.1) is 15.5 Å². The number of halogens is 1. The van der Waals surface area contributed by atoms with Crippen LogP contribution in [0.4, 0.5) is 0 Å². The largest absolute Gasteiger partial charge is 0.385 e. The fourth-order valence-corrected chi connectivity index (χ4v) is 4.77. The van der Waals surface area contributed by atoms with Crippen LogP contribution in [-0.2, 0) is 10.0 Å². The van der Waals surface area contributed by atoms with Gasteiger partial charge in [0.2, 0.25) is 10.0 Å². The molecule has 0 unspecified atom stereocenters. The van der Waals surface area contributed by atoms with Gasteiger partial charge < -0.3 is 10.1 Å². The summed E-state index contributed by atoms with van der Waals surface area (Å²) in [6, 6.07) is 6.01. The quantitative estimate of drug-likeness (QED) is 0.843. The molecule has 0 bridgehead atoms. The Kier molecular flexibility index (Phi) is 5.11. The van der Waals surface area contributed by atoms with E-state index in [1.807, 2.05) is 6.07 Å². The summed E-state index contributed by atoms with van der Waals surface area (Å²) in [7, 11) is -3.68. The molecule has 1 fully saturated rings. The maximum atomic E-state index is 12.7. The zero-order valence-electron chi connectivity index (χ0n) is 13.3. The fraction of sp³-hybridized carbons (Fsp3) is 0.375. The van der Waals surface area contributed by atoms with Crippen LogP contribution in [0, 0.1) is 17.2 Å². The zero-order valence-corrected chi connectivity index (χ0v) is 14.8. The second-order valence-corrected chi connectivity index (χ2v) is 8.26. The number of imidazole rings is 1. The molecule has 1 aliphatic rings. The molecular formula is C16H17ClN4O3S. The van der Waals surface area contributed by atoms with Crippen molar-refractivity contribution in [1.82, 2.24) is 14.3 Å². The molecule has 0 spiro atoms. The average molecular weight is 381 g/mol. The Morgan fingerprint density at radius 3 is 2.68 bits per heavy atom. The monoisotopic (exact) mass is 380 g/mol. The maximum absolute atomic E-state index is 12.7. The van der Waals surface area contributed by atoms with Gasteiger partial charge in [-0.2, -0.15) is 9.57 Å². The van der Waals surface area contributed by atoms with Crippen LogP contribution in [0.5, 0.6) is 0 Å². The number of nitrogens with one attached hydrogen (secondary N) is 1. The first-order chi connectivity index (χ1) is 11.9. The van der Waals surface area contributed by atoms with Gasteiger partial charge in [0.1, 0.15) is 18.0 Å². The molecule has 0 radical (unpaired) electrons. The lowest BCUT2D eigenvalue weighted by molar-refractivity contribution is 0.0696. The summed E-state index contributed by atoms with van der Waals surface area (Å²) in [5, 5.41) is 19.3. The number of rotatable bonds is 4. The smallest absolute Gasteiger partial charge is 0.243 e. The van der Waals surface area contributed by atoms with Crippen LogP contribution in [-0.4, -0.2) is 40.9 Å². The van der Waals surface area contributed by atoms with Gasteiger partial charge in [-0.25, -0.2) is 13.4 Å². The first-order valence-corrected chi connectivity index (χ1v) is 9.62. The molecule has 7 nitrogen and oxygen atoms in total. The van der Waals surface area contributed by atoms with Crippen LogP contribution in [0.3, 0.4) is 0 Å². The predicted octanol–water partition coefficient (Wildman–Crippen LogP) is 2.07. The van der Waals surface area contributed by atoms with Crippen molar-refractivity contribution >= 4 is 21.6 Å². The number of aliphatic hydroxyl groups is 1. The van der Waals surface area contributed by atoms with Crippen molar-refractivity contribution in [2.45, 2.75) is 23.8 Å². The third kappa shape index (κ3) is 3.55. The Labute approximate surface area is 150 Å². The minimum Gasteiger partial charge on any atom is -0.385 e. The molecule has 132 valence electrons. The summed E-state index contributed by atoms with van der Waals surface area (Å²) in [4.78, 5) is 7.01. The highest BCUT2D eigenvalue weighted by Crippen LogP contribution is 2.32. The molecule has 3 rings (SSSR count). The number of piperidine rings is 1. The highest BCUT2D eigenvalue weighted by molar-refractivity contribution is 7.89. The van der Waals surface area contributed by atoms with E-state index in [4.69, 9.17) is 16.9 Å². The second kappa shape index (κ2) is 7.14. The van der Waals surface area contributed by atoms with Crippen molar-refractivity contribution in [2.75, 3.05) is 13.1 Å². The van der Waals surface area contributed by atoms with Gasteiger partial charge in [0.15, 0.2) is 0 Å². The molecule has 9 heteroatoms. The van der Waals surface area contributed by atoms with E-state index in [0.29, 0.717) is 31.8 Å². The minimum absolute atomic E-state index is 0.0536. The molecule has 1 atom stereocenters. The topological polar surface area (TPSA) is 110 Å². The highest BCUT2D eigenvalue weighted by atomic mass is 35.5. The van der Waals surface area contributed by atoms with Crippen molar-refractivity contribution in [2.24, 2.45) is 5.92 Å². The molecule has 25 heavy (non-hydrogen) atoms. The molecule has 1 saturated heterocycles. The number of sulfonamides is 1. The third-order valence-electron chi connectivity index (χ3n) is 4.44. The van der Waals surface area contributed by atoms with Gasteiger partial charge in [0.25, 0.3) is 0 Å². The van der Waals surface area contributed by atoms with Crippen LogP contribution in [0.15, 0.2) is 35.5 Å². The van der Waals surface area contributed by atoms with E-state index in [2.05, 4.69) is 9.97 Å². The predicted molar refractivity (Wildman–Crippen MR) is 91.2 cm³/mol. The lowest BCUT2D eigenvalue weighted by Gasteiger charge is -2.33. The number of benzene rings is 1. The van der Waals surface area contributed by atoms with Crippen molar-refractivity contribution < 1.29 is 13.5 Å². The van der Waals surface area contributed by atoms with Crippen LogP contribution in [0.1, 0.15) is 30.3 Å². The number of hydrogen-bond acceptors (Lipinski definition) is 5. The van der Waals surface area contributed by atoms with Crippen molar-refractivity contribution in [3.05, 3.63) is 47.0 Å². The Morgan fingerprint density at radius 1 is 1.40 bits per heavy atom. The lowest BCUT2D eigenvalue weighted by Crippen LogP contribution is -2.39. The number of nitriles is 1. The fourth-order valence-electron chi connectivity index (χ4n) is 2.99. The lowest BCUT2D eigenvalue weighted by atomic mass is 9.92. The summed E-state index contributed by atoms with van der Waals surface area (Å²) in [6.07, 6.45) is 3.56. The molecule has 0 saturated carbocycles. The molecule has 2 N–H and O–H groups in total. The van der Waals surface area contributed by atoms with Gasteiger partial charge in [-0.1, -0.05) is 11.6 Å². The van der Waals surface area contributed by atoms with E-state index in [9.17, 15) is 13.5 Å². The van der Waals surface area contributed by atoms with E-state index < -0.39 is 16.1 Å². The highest BCUT2D eigenvalue weighted by Gasteiger charge is 2.33. The number of nitrogens with zero attached hydrogens (tertiary/aromatic N) is 3. The SMILES string of the molecule is N#Cc1ccc(S(=O)(=O)N2CCC([C@@H](O)c3ncc[nH]3)CC2)cc1Cl. The zero-order chi connectivity index (χ0) is 18.0. The molecular weight excluding hydrogens is 364 g/mol. The summed E-state index contributed by atoms with van der Waals surface area (Å²) in [5.74, 6) is 0.447. The molecule has 1 aromatic carbocycles. The standard InChI is InChI=1S/C16H17ClN4O3S/c17-14-9-13(2-1-12(14)10-18)25(23,24)21-7-3-11(4-8-21)15(22)16-19-5-6-20-16/h1-2,5-6,9,11,15,22H,3-4,7-8H2,(H,19,20)/t15-/m1/s1. The Balaban J connectivity index is 1.71. The van der Waals surface area contributed by atoms with Crippen molar-refractivity contribution in [3.8, 4) is 6.07 Å². The van der Waals surface area contributed by atoms with E-state index >= 15 is 0 Å². The van der Waals surface area contributed by atoms with E-state index in [-0.39, 0.29) is 21.4 Å². The second-order valence-electron chi connectivity index (χ2n) is 5.91. The Morgan fingerprint density at radius 2 is 2.12 bits per heavy atom. The molecule has 0 aliphatic carbocycles. The van der Waals surface area contributed by atoms with E-state index in [1.165, 1.54) is 22.5 Å². The summed E-state index contributed by atoms with van der Waals surface area (Å²) < 4.78 is 26.9. The number of aromatic nitrogens is 2. The van der Waals surface area contributed by atoms with Gasteiger partial charge in [-0.3, -0.25) is 0 Å². The van der Waals surface area contributed by atoms with Crippen LogP contribution in [0.25, 0.3) is 0 Å². The molecule has 1 aromatic heterocycles. The van der Waals surface area contributed by atoms with E-state index in [1.54, 1.807) is 12.4 Å². The molecule has 2 aromatic rings. The summed E-state index contributed by atoms with van der Waals surface area (Å²) in [5.41, 5.74) is 0.237. The number of aliphatic hydroxyl groups excluding tert-OH is 1. The van der Waals surface area contributed by atoms with Gasteiger partial charge in [-0.05, 0) is 37.0 Å². The third-order valence-corrected chi connectivity index (χ3v) is 6.65. The first-order valence-electron chi connectivity index (χ1n) is 7.80. The van der Waals surface area contributed by atoms with Crippen LogP contribution >= 0.6 is 11.6 Å². The van der Waals surface area contributed by atoms with Crippen molar-refractivity contribution in [3.63, 3.8) is 0 Å². The molecule has 0 amide bonds. The maximum Gasteiger partial charge on any atom is 0.243 e. The summed E-state index contributed by atoms with van der Waals surface area (Å²) in [6.45, 7) is 0.616. The van der Waals surface area contributed by atoms with Crippen LogP contribution < -0.4 is 0 Å². The Hall–Kier alpha value is -1.92. The summed E-state index contributed by atoms with van der Waals surface area (Å²) >= 11 is 5.95. The minimum atomic E-state index is -3.68. The number of H-pyrrole nitrogens is 1. The van der Waals surface area contributed by atoms with Crippen LogP contribution in [0.2, 0.25) is 5.02 Å². The average Bonchev–Trinajstić information content (AvgIpc) is 3.15. The molecule has 2 heterocycles. The first kappa shape index (κ1) is 17.9. The Bertz CT molecular complexity index is 885. The van der Waals surface area contributed by atoms with Crippen molar-refractivity contribution in [1.29, 1.82) is 5.26 Å². The molecule has 1 aliphatic heterocycles. The van der Waals surface area contributed by atoms with Gasteiger partial charge in [0, 0.05) is 25.5 Å². The van der Waals surface area contributed by atoms with Gasteiger partial charge >= 0.3 is 0 Å². The van der Waals surface area contributed by atoms with Gasteiger partial charge in [-0.15, -0.1) is 0 Å². The number of hydrogen-bond donors (Lipinski definition) is 2. The van der Waals surface area contributed by atoms with E-state index in [0.717, 1.165) is 0 Å².